The van der Waals surface area contributed by atoms with Crippen molar-refractivity contribution in [3.63, 3.8) is 0 Å². The lowest BCUT2D eigenvalue weighted by atomic mass is 10.1. The third-order valence-electron chi connectivity index (χ3n) is 4.63. The first-order chi connectivity index (χ1) is 13.4. The summed E-state index contributed by atoms with van der Waals surface area (Å²) in [6.45, 7) is 8.67. The van der Waals surface area contributed by atoms with Crippen LogP contribution >= 0.6 is 11.8 Å². The molecule has 0 aliphatic rings. The average molecular weight is 400 g/mol. The molecular formula is C21H25N3O3S. The number of nitrogens with zero attached hydrogens (tertiary/aromatic N) is 3. The fourth-order valence-electron chi connectivity index (χ4n) is 3.42. The molecule has 1 aromatic carbocycles. The van der Waals surface area contributed by atoms with Gasteiger partial charge in [0, 0.05) is 29.6 Å². The first-order valence-electron chi connectivity index (χ1n) is 9.14. The lowest BCUT2D eigenvalue weighted by molar-refractivity contribution is 0.102. The lowest BCUT2D eigenvalue weighted by Gasteiger charge is -2.17. The van der Waals surface area contributed by atoms with E-state index >= 15 is 0 Å². The van der Waals surface area contributed by atoms with E-state index in [-0.39, 0.29) is 17.6 Å². The van der Waals surface area contributed by atoms with Crippen LogP contribution in [0.5, 0.6) is 0 Å². The number of methoxy groups -OCH3 is 1. The molecule has 0 aliphatic carbocycles. The molecule has 2 aromatic heterocycles. The summed E-state index contributed by atoms with van der Waals surface area (Å²) in [7, 11) is 1.68. The van der Waals surface area contributed by atoms with Gasteiger partial charge in [-0.25, -0.2) is 0 Å². The summed E-state index contributed by atoms with van der Waals surface area (Å²) in [6, 6.07) is 9.99. The zero-order chi connectivity index (χ0) is 20.3. The Morgan fingerprint density at radius 3 is 2.75 bits per heavy atom. The van der Waals surface area contributed by atoms with E-state index in [1.54, 1.807) is 7.11 Å². The third-order valence-corrected chi connectivity index (χ3v) is 5.45. The highest BCUT2D eigenvalue weighted by molar-refractivity contribution is 7.99. The number of carbonyl (C=O) groups is 1. The van der Waals surface area contributed by atoms with Gasteiger partial charge in [0.25, 0.3) is 5.22 Å². The highest BCUT2D eigenvalue weighted by Crippen LogP contribution is 2.26. The maximum atomic E-state index is 12.8. The number of carbonyl (C=O) groups excluding carboxylic acids is 1. The Morgan fingerprint density at radius 1 is 1.25 bits per heavy atom. The third kappa shape index (κ3) is 4.36. The topological polar surface area (TPSA) is 70.2 Å². The molecule has 6 nitrogen and oxygen atoms in total. The lowest BCUT2D eigenvalue weighted by Crippen LogP contribution is -2.14. The second-order valence-corrected chi connectivity index (χ2v) is 7.84. The second kappa shape index (κ2) is 8.75. The van der Waals surface area contributed by atoms with E-state index in [9.17, 15) is 4.79 Å². The fourth-order valence-corrected chi connectivity index (χ4v) is 4.07. The summed E-state index contributed by atoms with van der Waals surface area (Å²) in [4.78, 5) is 12.8. The van der Waals surface area contributed by atoms with Crippen LogP contribution in [0.4, 0.5) is 0 Å². The van der Waals surface area contributed by atoms with Crippen molar-refractivity contribution in [2.24, 2.45) is 0 Å². The van der Waals surface area contributed by atoms with Crippen LogP contribution in [-0.4, -0.2) is 40.0 Å². The Bertz CT molecular complexity index is 977. The van der Waals surface area contributed by atoms with Crippen molar-refractivity contribution in [1.82, 2.24) is 14.8 Å². The Morgan fingerprint density at radius 2 is 2.04 bits per heavy atom. The van der Waals surface area contributed by atoms with Gasteiger partial charge in [-0.3, -0.25) is 4.79 Å². The van der Waals surface area contributed by atoms with Crippen LogP contribution in [0.15, 0.2) is 40.0 Å². The molecule has 0 aliphatic heterocycles. The molecule has 7 heteroatoms. The van der Waals surface area contributed by atoms with E-state index in [4.69, 9.17) is 9.15 Å². The number of benzene rings is 1. The molecular weight excluding hydrogens is 374 g/mol. The first kappa shape index (κ1) is 20.4. The summed E-state index contributed by atoms with van der Waals surface area (Å²) in [6.07, 6.45) is 0. The number of Topliss-reactive ketones (excluding diaryl/α,β-unsaturated/α-hetero) is 1. The van der Waals surface area contributed by atoms with Gasteiger partial charge >= 0.3 is 0 Å². The molecule has 0 bridgehead atoms. The fraction of sp³-hybridized carbons (Fsp3) is 0.381. The van der Waals surface area contributed by atoms with Gasteiger partial charge in [0.1, 0.15) is 0 Å². The van der Waals surface area contributed by atoms with Crippen molar-refractivity contribution in [3.05, 3.63) is 52.8 Å². The number of hydrogen-bond donors (Lipinski definition) is 0. The van der Waals surface area contributed by atoms with E-state index in [2.05, 4.69) is 21.7 Å². The predicted octanol–water partition coefficient (Wildman–Crippen LogP) is 4.65. The minimum absolute atomic E-state index is 0.0456. The van der Waals surface area contributed by atoms with Crippen molar-refractivity contribution in [1.29, 1.82) is 0 Å². The highest BCUT2D eigenvalue weighted by Gasteiger charge is 2.20. The Balaban J connectivity index is 1.69. The predicted molar refractivity (Wildman–Crippen MR) is 110 cm³/mol. The van der Waals surface area contributed by atoms with Crippen molar-refractivity contribution in [2.45, 2.75) is 39.0 Å². The molecule has 0 radical (unpaired) electrons. The summed E-state index contributed by atoms with van der Waals surface area (Å²) < 4.78 is 13.1. The van der Waals surface area contributed by atoms with Gasteiger partial charge in [0.2, 0.25) is 5.89 Å². The van der Waals surface area contributed by atoms with Crippen LogP contribution in [-0.2, 0) is 4.74 Å². The molecule has 0 spiro atoms. The Kier molecular flexibility index (Phi) is 6.36. The minimum Gasteiger partial charge on any atom is -0.411 e. The van der Waals surface area contributed by atoms with Crippen LogP contribution < -0.4 is 0 Å². The zero-order valence-electron chi connectivity index (χ0n) is 16.9. The van der Waals surface area contributed by atoms with Gasteiger partial charge < -0.3 is 13.7 Å². The molecule has 3 aromatic rings. The quantitative estimate of drug-likeness (QED) is 0.406. The van der Waals surface area contributed by atoms with Crippen molar-refractivity contribution in [2.75, 3.05) is 19.5 Å². The largest absolute Gasteiger partial charge is 0.411 e. The maximum absolute atomic E-state index is 12.8. The van der Waals surface area contributed by atoms with Crippen molar-refractivity contribution < 1.29 is 13.9 Å². The molecule has 0 saturated carbocycles. The van der Waals surface area contributed by atoms with Gasteiger partial charge in [0.15, 0.2) is 5.78 Å². The van der Waals surface area contributed by atoms with Gasteiger partial charge in [-0.05, 0) is 45.9 Å². The monoisotopic (exact) mass is 399 g/mol. The van der Waals surface area contributed by atoms with Gasteiger partial charge in [-0.15, -0.1) is 10.2 Å². The highest BCUT2D eigenvalue weighted by atomic mass is 32.2. The molecule has 0 fully saturated rings. The molecule has 0 saturated heterocycles. The summed E-state index contributed by atoms with van der Waals surface area (Å²) in [5.41, 5.74) is 4.74. The second-order valence-electron chi connectivity index (χ2n) is 6.91. The number of aryl methyl sites for hydroxylation is 2. The van der Waals surface area contributed by atoms with E-state index in [1.165, 1.54) is 11.8 Å². The SMILES string of the molecule is COC[C@H](C)n1c(C)cc(C(=O)CSc2nnc(-c3cccc(C)c3)o2)c1C. The van der Waals surface area contributed by atoms with Crippen LogP contribution in [0, 0.1) is 20.8 Å². The zero-order valence-corrected chi connectivity index (χ0v) is 17.7. The number of aromatic nitrogens is 3. The summed E-state index contributed by atoms with van der Waals surface area (Å²) in [5, 5.41) is 8.54. The molecule has 3 rings (SSSR count). The van der Waals surface area contributed by atoms with Crippen LogP contribution in [0.3, 0.4) is 0 Å². The maximum Gasteiger partial charge on any atom is 0.277 e. The van der Waals surface area contributed by atoms with Crippen molar-refractivity contribution in [3.8, 4) is 11.5 Å². The molecule has 148 valence electrons. The van der Waals surface area contributed by atoms with E-state index in [0.717, 1.165) is 28.1 Å². The first-order valence-corrected chi connectivity index (χ1v) is 10.1. The van der Waals surface area contributed by atoms with Gasteiger partial charge in [0.05, 0.1) is 18.4 Å². The number of rotatable bonds is 8. The van der Waals surface area contributed by atoms with E-state index in [0.29, 0.717) is 17.7 Å². The van der Waals surface area contributed by atoms with E-state index < -0.39 is 0 Å². The van der Waals surface area contributed by atoms with Gasteiger partial charge in [-0.2, -0.15) is 0 Å². The number of hydrogen-bond acceptors (Lipinski definition) is 6. The normalized spacial score (nSPS) is 12.3. The molecule has 1 atom stereocenters. The van der Waals surface area contributed by atoms with Crippen LogP contribution in [0.2, 0.25) is 0 Å². The summed E-state index contributed by atoms with van der Waals surface area (Å²) in [5.74, 6) is 0.757. The number of ether oxygens (including phenoxy) is 1. The van der Waals surface area contributed by atoms with Crippen LogP contribution in [0.25, 0.3) is 11.5 Å². The van der Waals surface area contributed by atoms with Crippen molar-refractivity contribution >= 4 is 17.5 Å². The molecule has 0 amide bonds. The molecule has 2 heterocycles. The number of ketones is 1. The molecule has 0 N–H and O–H groups in total. The van der Waals surface area contributed by atoms with Gasteiger partial charge in [-0.1, -0.05) is 29.5 Å². The summed E-state index contributed by atoms with van der Waals surface area (Å²) >= 11 is 1.26. The Hall–Kier alpha value is -2.38. The Labute approximate surface area is 169 Å². The molecule has 28 heavy (non-hydrogen) atoms. The van der Waals surface area contributed by atoms with Crippen LogP contribution in [0.1, 0.15) is 40.3 Å². The standard InChI is InChI=1S/C21H25N3O3S/c1-13-7-6-8-17(9-13)20-22-23-21(27-20)28-12-19(25)18-10-14(2)24(16(18)4)15(3)11-26-5/h6-10,15H,11-12H2,1-5H3/t15-/m0/s1. The minimum atomic E-state index is 0.0456. The average Bonchev–Trinajstić information content (AvgIpc) is 3.24. The number of thioether (sulfide) groups is 1. The smallest absolute Gasteiger partial charge is 0.277 e. The van der Waals surface area contributed by atoms with E-state index in [1.807, 2.05) is 51.1 Å². The molecule has 0 unspecified atom stereocenters.